The smallest absolute Gasteiger partial charge is 0.271 e. The van der Waals surface area contributed by atoms with Gasteiger partial charge in [-0.2, -0.15) is 0 Å². The number of hydrogen-bond acceptors (Lipinski definition) is 3. The number of amides is 1. The minimum Gasteiger partial charge on any atom is -0.326 e. The molecule has 5 nitrogen and oxygen atoms in total. The van der Waals surface area contributed by atoms with Gasteiger partial charge in [0, 0.05) is 16.7 Å². The van der Waals surface area contributed by atoms with E-state index in [4.69, 9.17) is 0 Å². The predicted molar refractivity (Wildman–Crippen MR) is 80.7 cm³/mol. The normalized spacial score (nSPS) is 28.9. The quantitative estimate of drug-likeness (QED) is 0.771. The lowest BCUT2D eigenvalue weighted by molar-refractivity contribution is -0.117. The number of halogens is 1. The molecule has 2 fully saturated rings. The van der Waals surface area contributed by atoms with Crippen LogP contribution >= 0.6 is 15.9 Å². The van der Waals surface area contributed by atoms with Crippen molar-refractivity contribution in [2.75, 3.05) is 5.32 Å². The van der Waals surface area contributed by atoms with E-state index in [1.807, 2.05) is 0 Å². The number of carbonyl (C=O) groups excluding carboxylic acids is 1. The first kappa shape index (κ1) is 13.8. The molecule has 20 heavy (non-hydrogen) atoms. The standard InChI is InChI=1S/C14H18BrN3O2/c15-9-6-12(13(19)16-7-9)18-14(20)11-5-8-3-1-2-4-10(8)17-11/h6-8,10-11,17H,1-5H2,(H,16,19)(H,18,20). The van der Waals surface area contributed by atoms with Crippen molar-refractivity contribution in [1.29, 1.82) is 0 Å². The molecule has 0 spiro atoms. The van der Waals surface area contributed by atoms with E-state index in [1.165, 1.54) is 19.3 Å². The number of anilines is 1. The van der Waals surface area contributed by atoms with Crippen molar-refractivity contribution in [3.63, 3.8) is 0 Å². The van der Waals surface area contributed by atoms with E-state index in [1.54, 1.807) is 12.3 Å². The average Bonchev–Trinajstić information content (AvgIpc) is 2.87. The van der Waals surface area contributed by atoms with Gasteiger partial charge in [0.15, 0.2) is 0 Å². The molecule has 3 rings (SSSR count). The Hall–Kier alpha value is -1.14. The van der Waals surface area contributed by atoms with Crippen LogP contribution in [0.15, 0.2) is 21.5 Å². The van der Waals surface area contributed by atoms with Crippen LogP contribution in [0.2, 0.25) is 0 Å². The highest BCUT2D eigenvalue weighted by atomic mass is 79.9. The summed E-state index contributed by atoms with van der Waals surface area (Å²) in [6.45, 7) is 0. The van der Waals surface area contributed by atoms with Crippen molar-refractivity contribution in [3.05, 3.63) is 27.1 Å². The average molecular weight is 340 g/mol. The number of aromatic amines is 1. The molecule has 2 heterocycles. The molecular weight excluding hydrogens is 322 g/mol. The molecule has 2 aliphatic rings. The minimum atomic E-state index is -0.281. The van der Waals surface area contributed by atoms with Crippen LogP contribution in [0.25, 0.3) is 0 Å². The lowest BCUT2D eigenvalue weighted by Crippen LogP contribution is -2.40. The first-order valence-electron chi connectivity index (χ1n) is 7.08. The molecule has 3 N–H and O–H groups in total. The van der Waals surface area contributed by atoms with E-state index < -0.39 is 0 Å². The van der Waals surface area contributed by atoms with Crippen molar-refractivity contribution < 1.29 is 4.79 Å². The fraction of sp³-hybridized carbons (Fsp3) is 0.571. The number of pyridine rings is 1. The van der Waals surface area contributed by atoms with Crippen LogP contribution < -0.4 is 16.2 Å². The molecule has 1 aromatic rings. The zero-order valence-corrected chi connectivity index (χ0v) is 12.7. The second kappa shape index (κ2) is 5.69. The highest BCUT2D eigenvalue weighted by molar-refractivity contribution is 9.10. The molecule has 1 aliphatic heterocycles. The maximum Gasteiger partial charge on any atom is 0.271 e. The van der Waals surface area contributed by atoms with Gasteiger partial charge in [-0.05, 0) is 47.2 Å². The van der Waals surface area contributed by atoms with Crippen molar-refractivity contribution in [1.82, 2.24) is 10.3 Å². The van der Waals surface area contributed by atoms with Gasteiger partial charge in [-0.25, -0.2) is 0 Å². The first-order chi connectivity index (χ1) is 9.63. The zero-order valence-electron chi connectivity index (χ0n) is 11.1. The molecule has 1 aliphatic carbocycles. The third-order valence-corrected chi connectivity index (χ3v) is 4.76. The molecule has 0 bridgehead atoms. The Balaban J connectivity index is 1.68. The summed E-state index contributed by atoms with van der Waals surface area (Å²) in [5.41, 5.74) is 0.0120. The fourth-order valence-electron chi connectivity index (χ4n) is 3.29. The molecule has 108 valence electrons. The Morgan fingerprint density at radius 1 is 1.35 bits per heavy atom. The second-order valence-electron chi connectivity index (χ2n) is 5.66. The van der Waals surface area contributed by atoms with Crippen LogP contribution in [-0.2, 0) is 4.79 Å². The van der Waals surface area contributed by atoms with Gasteiger partial charge < -0.3 is 15.6 Å². The summed E-state index contributed by atoms with van der Waals surface area (Å²) in [7, 11) is 0. The summed E-state index contributed by atoms with van der Waals surface area (Å²) < 4.78 is 0.737. The van der Waals surface area contributed by atoms with Crippen molar-refractivity contribution in [3.8, 4) is 0 Å². The molecule has 3 unspecified atom stereocenters. The molecule has 0 radical (unpaired) electrons. The number of hydrogen-bond donors (Lipinski definition) is 3. The summed E-state index contributed by atoms with van der Waals surface area (Å²) in [6, 6.07) is 1.92. The van der Waals surface area contributed by atoms with E-state index in [9.17, 15) is 9.59 Å². The van der Waals surface area contributed by atoms with E-state index >= 15 is 0 Å². The van der Waals surface area contributed by atoms with Crippen LogP contribution in [0, 0.1) is 5.92 Å². The van der Waals surface area contributed by atoms with Crippen molar-refractivity contribution in [2.24, 2.45) is 5.92 Å². The summed E-state index contributed by atoms with van der Waals surface area (Å²) in [5.74, 6) is 0.503. The summed E-state index contributed by atoms with van der Waals surface area (Å²) in [4.78, 5) is 26.5. The largest absolute Gasteiger partial charge is 0.326 e. The van der Waals surface area contributed by atoms with Crippen LogP contribution in [-0.4, -0.2) is 23.0 Å². The van der Waals surface area contributed by atoms with Gasteiger partial charge in [-0.3, -0.25) is 9.59 Å². The Labute approximate surface area is 125 Å². The fourth-order valence-corrected chi connectivity index (χ4v) is 3.63. The maximum absolute atomic E-state index is 12.3. The number of aromatic nitrogens is 1. The van der Waals surface area contributed by atoms with E-state index in [-0.39, 0.29) is 17.5 Å². The van der Waals surface area contributed by atoms with E-state index in [0.29, 0.717) is 17.6 Å². The molecule has 1 saturated heterocycles. The monoisotopic (exact) mass is 339 g/mol. The second-order valence-corrected chi connectivity index (χ2v) is 6.57. The minimum absolute atomic E-state index is 0.108. The predicted octanol–water partition coefficient (Wildman–Crippen LogP) is 2.00. The van der Waals surface area contributed by atoms with Gasteiger partial charge >= 0.3 is 0 Å². The molecule has 6 heteroatoms. The van der Waals surface area contributed by atoms with Gasteiger partial charge in [-0.15, -0.1) is 0 Å². The van der Waals surface area contributed by atoms with Gasteiger partial charge in [0.1, 0.15) is 5.69 Å². The molecule has 1 aromatic heterocycles. The van der Waals surface area contributed by atoms with Gasteiger partial charge in [-0.1, -0.05) is 12.8 Å². The summed E-state index contributed by atoms with van der Waals surface area (Å²) in [5, 5.41) is 6.14. The number of nitrogens with one attached hydrogen (secondary N) is 3. The first-order valence-corrected chi connectivity index (χ1v) is 7.88. The lowest BCUT2D eigenvalue weighted by Gasteiger charge is -2.24. The number of fused-ring (bicyclic) bond motifs is 1. The summed E-state index contributed by atoms with van der Waals surface area (Å²) in [6.07, 6.45) is 7.31. The molecule has 1 amide bonds. The van der Waals surface area contributed by atoms with E-state index in [2.05, 4.69) is 31.5 Å². The van der Waals surface area contributed by atoms with Gasteiger partial charge in [0.2, 0.25) is 5.91 Å². The van der Waals surface area contributed by atoms with E-state index in [0.717, 1.165) is 17.3 Å². The molecular formula is C14H18BrN3O2. The van der Waals surface area contributed by atoms with Crippen LogP contribution in [0.4, 0.5) is 5.69 Å². The Bertz CT molecular complexity index is 558. The van der Waals surface area contributed by atoms with Crippen LogP contribution in [0.5, 0.6) is 0 Å². The molecule has 0 aromatic carbocycles. The van der Waals surface area contributed by atoms with Gasteiger partial charge in [0.05, 0.1) is 6.04 Å². The highest BCUT2D eigenvalue weighted by Crippen LogP contribution is 2.33. The third-order valence-electron chi connectivity index (χ3n) is 4.31. The van der Waals surface area contributed by atoms with Crippen molar-refractivity contribution in [2.45, 2.75) is 44.2 Å². The third kappa shape index (κ3) is 2.81. The zero-order chi connectivity index (χ0) is 14.1. The Morgan fingerprint density at radius 3 is 2.95 bits per heavy atom. The number of rotatable bonds is 2. The van der Waals surface area contributed by atoms with Crippen LogP contribution in [0.1, 0.15) is 32.1 Å². The Kier molecular flexibility index (Phi) is 3.94. The Morgan fingerprint density at radius 2 is 2.15 bits per heavy atom. The number of H-pyrrole nitrogens is 1. The summed E-state index contributed by atoms with van der Waals surface area (Å²) >= 11 is 3.28. The highest BCUT2D eigenvalue weighted by Gasteiger charge is 2.38. The van der Waals surface area contributed by atoms with Crippen LogP contribution in [0.3, 0.4) is 0 Å². The van der Waals surface area contributed by atoms with Gasteiger partial charge in [0.25, 0.3) is 5.56 Å². The maximum atomic E-state index is 12.3. The SMILES string of the molecule is O=C(Nc1cc(Br)c[nH]c1=O)C1CC2CCCCC2N1. The lowest BCUT2D eigenvalue weighted by atomic mass is 9.85. The molecule has 3 atom stereocenters. The topological polar surface area (TPSA) is 74.0 Å². The molecule has 1 saturated carbocycles. The van der Waals surface area contributed by atoms with Crippen molar-refractivity contribution >= 4 is 27.5 Å². The number of carbonyl (C=O) groups is 1.